The first kappa shape index (κ1) is 30.6. The maximum Gasteiger partial charge on any atom is 0.0490 e. The van der Waals surface area contributed by atoms with Crippen molar-refractivity contribution in [2.45, 2.75) is 20.8 Å². The topological polar surface area (TPSA) is 6.48 Å². The Morgan fingerprint density at radius 3 is 1.53 bits per heavy atom. The largest absolute Gasteiger partial charge is 0.345 e. The van der Waals surface area contributed by atoms with E-state index >= 15 is 0 Å². The predicted molar refractivity (Wildman–Crippen MR) is 229 cm³/mol. The molecule has 5 heteroatoms. The molecular weight excluding hydrogens is 677 g/mol. The van der Waals surface area contributed by atoms with Gasteiger partial charge in [0.2, 0.25) is 0 Å². The van der Waals surface area contributed by atoms with Gasteiger partial charge in [-0.1, -0.05) is 66.2 Å². The highest BCUT2D eigenvalue weighted by molar-refractivity contribution is 7.26. The first-order valence-corrected chi connectivity index (χ1v) is 19.7. The fraction of sp³-hybridized carbons (Fsp3) is 0.0870. The third-order valence-electron chi connectivity index (χ3n) is 10.3. The van der Waals surface area contributed by atoms with E-state index in [0.29, 0.717) is 0 Å². The van der Waals surface area contributed by atoms with E-state index < -0.39 is 0 Å². The number of hydrogen-bond acceptors (Lipinski definition) is 5. The lowest BCUT2D eigenvalue weighted by molar-refractivity contribution is 1.22. The molecule has 246 valence electrons. The second-order valence-corrected chi connectivity index (χ2v) is 17.0. The summed E-state index contributed by atoms with van der Waals surface area (Å²) in [5.74, 6) is 0. The zero-order chi connectivity index (χ0) is 34.4. The third-order valence-corrected chi connectivity index (χ3v) is 13.7. The van der Waals surface area contributed by atoms with E-state index in [1.807, 2.05) is 34.0 Å². The van der Waals surface area contributed by atoms with E-state index in [2.05, 4.69) is 171 Å². The van der Waals surface area contributed by atoms with Crippen LogP contribution in [0.2, 0.25) is 0 Å². The molecule has 7 aromatic carbocycles. The monoisotopic (exact) mass is 710 g/mol. The molecule has 0 saturated heterocycles. The van der Waals surface area contributed by atoms with Gasteiger partial charge in [0.1, 0.15) is 0 Å². The Morgan fingerprint density at radius 1 is 0.373 bits per heavy atom. The number of nitrogens with zero attached hydrogens (tertiary/aromatic N) is 2. The maximum atomic E-state index is 2.44. The Morgan fingerprint density at radius 2 is 0.843 bits per heavy atom. The summed E-state index contributed by atoms with van der Waals surface area (Å²) in [6.07, 6.45) is 0. The molecule has 10 aromatic rings. The van der Waals surface area contributed by atoms with Crippen molar-refractivity contribution in [3.63, 3.8) is 0 Å². The van der Waals surface area contributed by atoms with E-state index in [-0.39, 0.29) is 0 Å². The van der Waals surface area contributed by atoms with Crippen LogP contribution in [0, 0.1) is 20.8 Å². The molecule has 0 saturated carbocycles. The number of benzene rings is 7. The van der Waals surface area contributed by atoms with E-state index in [4.69, 9.17) is 0 Å². The van der Waals surface area contributed by atoms with E-state index in [1.54, 1.807) is 0 Å². The van der Waals surface area contributed by atoms with Crippen molar-refractivity contribution in [2.75, 3.05) is 16.8 Å². The summed E-state index contributed by atoms with van der Waals surface area (Å²) in [4.78, 5) is 4.76. The van der Waals surface area contributed by atoms with Crippen LogP contribution < -0.4 is 9.80 Å². The Labute approximate surface area is 309 Å². The van der Waals surface area contributed by atoms with Gasteiger partial charge in [-0.2, -0.15) is 0 Å². The SMILES string of the molecule is Cc1ccc(N(c2ccc3c(c2)sc2cc(C)ccc23)c2ccc3c(c2)sc2cc(N(C)c4ccc5sc6ccccc6c5c4)ccc23)c(C)c1. The molecule has 0 aliphatic heterocycles. The van der Waals surface area contributed by atoms with E-state index in [9.17, 15) is 0 Å². The summed E-state index contributed by atoms with van der Waals surface area (Å²) in [5, 5.41) is 7.92. The van der Waals surface area contributed by atoms with Crippen LogP contribution in [0.15, 0.2) is 133 Å². The first-order chi connectivity index (χ1) is 24.9. The minimum atomic E-state index is 1.17. The van der Waals surface area contributed by atoms with Gasteiger partial charge in [0.25, 0.3) is 0 Å². The summed E-state index contributed by atoms with van der Waals surface area (Å²) in [6, 6.07) is 50.1. The average molecular weight is 711 g/mol. The van der Waals surface area contributed by atoms with Crippen LogP contribution in [0.4, 0.5) is 28.4 Å². The van der Waals surface area contributed by atoms with Crippen LogP contribution in [0.25, 0.3) is 60.5 Å². The Bertz CT molecular complexity index is 3000. The fourth-order valence-electron chi connectivity index (χ4n) is 7.67. The molecule has 3 heterocycles. The summed E-state index contributed by atoms with van der Waals surface area (Å²) >= 11 is 5.63. The second-order valence-electron chi connectivity index (χ2n) is 13.7. The van der Waals surface area contributed by atoms with Gasteiger partial charge in [-0.25, -0.2) is 0 Å². The maximum absolute atomic E-state index is 2.44. The number of hydrogen-bond donors (Lipinski definition) is 0. The normalized spacial score (nSPS) is 11.9. The molecule has 0 aliphatic rings. The van der Waals surface area contributed by atoms with Gasteiger partial charge in [-0.3, -0.25) is 0 Å². The number of anilines is 5. The van der Waals surface area contributed by atoms with Crippen molar-refractivity contribution in [3.8, 4) is 0 Å². The highest BCUT2D eigenvalue weighted by Gasteiger charge is 2.19. The molecule has 2 nitrogen and oxygen atoms in total. The molecule has 0 N–H and O–H groups in total. The van der Waals surface area contributed by atoms with Gasteiger partial charge in [-0.15, -0.1) is 34.0 Å². The van der Waals surface area contributed by atoms with Gasteiger partial charge in [0.15, 0.2) is 0 Å². The number of rotatable bonds is 5. The number of aryl methyl sites for hydroxylation is 3. The van der Waals surface area contributed by atoms with Crippen LogP contribution in [0.5, 0.6) is 0 Å². The van der Waals surface area contributed by atoms with Crippen molar-refractivity contribution in [1.29, 1.82) is 0 Å². The number of fused-ring (bicyclic) bond motifs is 9. The summed E-state index contributed by atoms with van der Waals surface area (Å²) in [6.45, 7) is 6.57. The Hall–Kier alpha value is -5.20. The predicted octanol–water partition coefficient (Wildman–Crippen LogP) is 15.0. The van der Waals surface area contributed by atoms with Gasteiger partial charge in [0.05, 0.1) is 0 Å². The summed E-state index contributed by atoms with van der Waals surface area (Å²) < 4.78 is 7.92. The highest BCUT2D eigenvalue weighted by Crippen LogP contribution is 2.45. The standard InChI is InChI=1S/C46H34N2S3/c1-27-10-19-40(29(3)21-27)48(32-12-17-37-35-15-9-28(2)22-43(35)50-45(37)25-32)33-13-18-38-36-16-11-31(24-44(36)51-46(38)26-33)47(4)30-14-20-42-39(23-30)34-7-5-6-8-41(34)49-42/h5-26H,1-4H3. The molecule has 0 amide bonds. The zero-order valence-electron chi connectivity index (χ0n) is 28.8. The summed E-state index contributed by atoms with van der Waals surface area (Å²) in [5.41, 5.74) is 9.78. The lowest BCUT2D eigenvalue weighted by Gasteiger charge is -2.27. The van der Waals surface area contributed by atoms with Gasteiger partial charge >= 0.3 is 0 Å². The number of thiophene rings is 3. The second kappa shape index (κ2) is 11.7. The molecule has 0 aliphatic carbocycles. The quantitative estimate of drug-likeness (QED) is 0.175. The summed E-state index contributed by atoms with van der Waals surface area (Å²) in [7, 11) is 2.18. The Balaban J connectivity index is 1.07. The van der Waals surface area contributed by atoms with Gasteiger partial charge < -0.3 is 9.80 Å². The minimum absolute atomic E-state index is 1.17. The molecule has 51 heavy (non-hydrogen) atoms. The van der Waals surface area contributed by atoms with Crippen molar-refractivity contribution >= 4 is 123 Å². The molecule has 0 radical (unpaired) electrons. The van der Waals surface area contributed by atoms with Crippen molar-refractivity contribution in [1.82, 2.24) is 0 Å². The van der Waals surface area contributed by atoms with Gasteiger partial charge in [-0.05, 0) is 105 Å². The van der Waals surface area contributed by atoms with Crippen molar-refractivity contribution < 1.29 is 0 Å². The van der Waals surface area contributed by atoms with E-state index in [1.165, 1.54) is 106 Å². The van der Waals surface area contributed by atoms with Crippen LogP contribution in [0.3, 0.4) is 0 Å². The molecule has 0 spiro atoms. The Kier molecular flexibility index (Phi) is 7.01. The van der Waals surface area contributed by atoms with Crippen LogP contribution in [0.1, 0.15) is 16.7 Å². The smallest absolute Gasteiger partial charge is 0.0490 e. The van der Waals surface area contributed by atoms with Crippen molar-refractivity contribution in [3.05, 3.63) is 150 Å². The molecular formula is C46H34N2S3. The van der Waals surface area contributed by atoms with E-state index in [0.717, 1.165) is 0 Å². The molecule has 0 bridgehead atoms. The molecule has 0 unspecified atom stereocenters. The highest BCUT2D eigenvalue weighted by atomic mass is 32.1. The first-order valence-electron chi connectivity index (χ1n) is 17.3. The lowest BCUT2D eigenvalue weighted by Crippen LogP contribution is -2.11. The van der Waals surface area contributed by atoms with Gasteiger partial charge in [0, 0.05) is 96.0 Å². The van der Waals surface area contributed by atoms with Crippen LogP contribution in [-0.2, 0) is 0 Å². The average Bonchev–Trinajstić information content (AvgIpc) is 3.81. The van der Waals surface area contributed by atoms with Crippen LogP contribution >= 0.6 is 34.0 Å². The minimum Gasteiger partial charge on any atom is -0.345 e. The molecule has 3 aromatic heterocycles. The molecule has 0 atom stereocenters. The van der Waals surface area contributed by atoms with Crippen molar-refractivity contribution in [2.24, 2.45) is 0 Å². The van der Waals surface area contributed by atoms with Crippen LogP contribution in [-0.4, -0.2) is 7.05 Å². The lowest BCUT2D eigenvalue weighted by atomic mass is 10.1. The third kappa shape index (κ3) is 5.02. The fourth-order valence-corrected chi connectivity index (χ4v) is 11.2. The molecule has 0 fully saturated rings. The zero-order valence-corrected chi connectivity index (χ0v) is 31.3. The molecule has 10 rings (SSSR count).